The van der Waals surface area contributed by atoms with Crippen molar-refractivity contribution in [1.82, 2.24) is 10.2 Å². The summed E-state index contributed by atoms with van der Waals surface area (Å²) in [6, 6.07) is 10.8. The summed E-state index contributed by atoms with van der Waals surface area (Å²) in [4.78, 5) is 19.4. The number of aryl methyl sites for hydroxylation is 1. The van der Waals surface area contributed by atoms with E-state index in [0.29, 0.717) is 23.1 Å². The van der Waals surface area contributed by atoms with Crippen LogP contribution >= 0.6 is 11.6 Å². The summed E-state index contributed by atoms with van der Waals surface area (Å²) in [7, 11) is 0. The molecule has 0 radical (unpaired) electrons. The van der Waals surface area contributed by atoms with Crippen LogP contribution in [0.15, 0.2) is 47.5 Å². The molecule has 29 heavy (non-hydrogen) atoms. The molecular weight excluding hydrogens is 395 g/mol. The van der Waals surface area contributed by atoms with E-state index in [1.165, 1.54) is 24.3 Å². The average Bonchev–Trinajstić information content (AvgIpc) is 2.71. The van der Waals surface area contributed by atoms with E-state index in [0.717, 1.165) is 44.1 Å². The minimum absolute atomic E-state index is 0.331. The Morgan fingerprint density at radius 2 is 1.93 bits per heavy atom. The van der Waals surface area contributed by atoms with Gasteiger partial charge in [0.1, 0.15) is 5.82 Å². The molecule has 1 aliphatic heterocycles. The van der Waals surface area contributed by atoms with Crippen LogP contribution in [-0.2, 0) is 4.74 Å². The molecule has 1 amide bonds. The fourth-order valence-electron chi connectivity index (χ4n) is 2.91. The van der Waals surface area contributed by atoms with Gasteiger partial charge >= 0.3 is 0 Å². The lowest BCUT2D eigenvalue weighted by atomic mass is 10.2. The lowest BCUT2D eigenvalue weighted by molar-refractivity contribution is 0.0394. The SMILES string of the molecule is Cc1cc(Cl)ccc1NC(=NCCN1CCOCC1)NC(=O)c1ccc(F)cc1. The second kappa shape index (κ2) is 10.3. The Hall–Kier alpha value is -2.48. The first-order valence-corrected chi connectivity index (χ1v) is 9.84. The van der Waals surface area contributed by atoms with Crippen LogP contribution in [0.5, 0.6) is 0 Å². The van der Waals surface area contributed by atoms with Crippen molar-refractivity contribution in [3.63, 3.8) is 0 Å². The standard InChI is InChI=1S/C21H24ClFN4O2/c1-15-14-17(22)4-7-19(15)25-21(24-8-9-27-10-12-29-13-11-27)26-20(28)16-2-5-18(23)6-3-16/h2-7,14H,8-13H2,1H3,(H2,24,25,26,28). The summed E-state index contributed by atoms with van der Waals surface area (Å²) in [5, 5.41) is 6.58. The topological polar surface area (TPSA) is 66.0 Å². The number of anilines is 1. The van der Waals surface area contributed by atoms with Crippen LogP contribution in [0.4, 0.5) is 10.1 Å². The van der Waals surface area contributed by atoms with Gasteiger partial charge in [-0.25, -0.2) is 4.39 Å². The van der Waals surface area contributed by atoms with Crippen LogP contribution in [0.3, 0.4) is 0 Å². The van der Waals surface area contributed by atoms with E-state index in [1.807, 2.05) is 19.1 Å². The zero-order valence-electron chi connectivity index (χ0n) is 16.3. The molecule has 3 rings (SSSR count). The maximum absolute atomic E-state index is 13.1. The summed E-state index contributed by atoms with van der Waals surface area (Å²) in [6.45, 7) is 6.38. The highest BCUT2D eigenvalue weighted by Gasteiger charge is 2.12. The smallest absolute Gasteiger partial charge is 0.257 e. The zero-order chi connectivity index (χ0) is 20.6. The van der Waals surface area contributed by atoms with Gasteiger partial charge in [0.15, 0.2) is 0 Å². The number of ether oxygens (including phenoxy) is 1. The quantitative estimate of drug-likeness (QED) is 0.577. The van der Waals surface area contributed by atoms with Crippen molar-refractivity contribution in [2.75, 3.05) is 44.7 Å². The molecule has 1 aliphatic rings. The molecule has 154 valence electrons. The molecule has 2 aromatic rings. The predicted octanol–water partition coefficient (Wildman–Crippen LogP) is 3.32. The highest BCUT2D eigenvalue weighted by Crippen LogP contribution is 2.19. The normalized spacial score (nSPS) is 15.2. The number of hydrogen-bond acceptors (Lipinski definition) is 4. The summed E-state index contributed by atoms with van der Waals surface area (Å²) in [6.07, 6.45) is 0. The fourth-order valence-corrected chi connectivity index (χ4v) is 3.14. The van der Waals surface area contributed by atoms with E-state index in [1.54, 1.807) is 6.07 Å². The van der Waals surface area contributed by atoms with Gasteiger partial charge in [0.25, 0.3) is 5.91 Å². The third-order valence-corrected chi connectivity index (χ3v) is 4.80. The molecule has 1 fully saturated rings. The molecular formula is C21H24ClFN4O2. The van der Waals surface area contributed by atoms with Crippen molar-refractivity contribution >= 4 is 29.2 Å². The van der Waals surface area contributed by atoms with Crippen LogP contribution in [0.2, 0.25) is 5.02 Å². The van der Waals surface area contributed by atoms with Gasteiger partial charge in [-0.05, 0) is 55.0 Å². The van der Waals surface area contributed by atoms with Crippen LogP contribution in [0, 0.1) is 12.7 Å². The van der Waals surface area contributed by atoms with Gasteiger partial charge in [-0.3, -0.25) is 20.0 Å². The zero-order valence-corrected chi connectivity index (χ0v) is 17.0. The Kier molecular flexibility index (Phi) is 7.57. The molecule has 1 heterocycles. The largest absolute Gasteiger partial charge is 0.379 e. The maximum Gasteiger partial charge on any atom is 0.257 e. The molecule has 6 nitrogen and oxygen atoms in total. The number of morpholine rings is 1. The number of nitrogens with zero attached hydrogens (tertiary/aromatic N) is 2. The van der Waals surface area contributed by atoms with Gasteiger partial charge in [-0.2, -0.15) is 0 Å². The molecule has 0 unspecified atom stereocenters. The highest BCUT2D eigenvalue weighted by atomic mass is 35.5. The second-order valence-corrected chi connectivity index (χ2v) is 7.17. The molecule has 2 aromatic carbocycles. The van der Waals surface area contributed by atoms with Crippen molar-refractivity contribution in [1.29, 1.82) is 0 Å². The first-order chi connectivity index (χ1) is 14.0. The van der Waals surface area contributed by atoms with Crippen LogP contribution in [-0.4, -0.2) is 56.2 Å². The first kappa shape index (κ1) is 21.2. The van der Waals surface area contributed by atoms with Crippen molar-refractivity contribution in [3.05, 3.63) is 64.4 Å². The number of carbonyl (C=O) groups is 1. The Balaban J connectivity index is 1.71. The number of aliphatic imine (C=N–C) groups is 1. The molecule has 0 atom stereocenters. The number of hydrogen-bond donors (Lipinski definition) is 2. The van der Waals surface area contributed by atoms with E-state index < -0.39 is 5.82 Å². The Morgan fingerprint density at radius 3 is 2.62 bits per heavy atom. The van der Waals surface area contributed by atoms with Crippen LogP contribution in [0.1, 0.15) is 15.9 Å². The minimum atomic E-state index is -0.393. The number of guanidine groups is 1. The van der Waals surface area contributed by atoms with E-state index in [4.69, 9.17) is 16.3 Å². The van der Waals surface area contributed by atoms with E-state index in [9.17, 15) is 9.18 Å². The van der Waals surface area contributed by atoms with Crippen molar-refractivity contribution in [2.45, 2.75) is 6.92 Å². The van der Waals surface area contributed by atoms with Crippen molar-refractivity contribution in [2.24, 2.45) is 4.99 Å². The summed E-state index contributed by atoms with van der Waals surface area (Å²) in [5.41, 5.74) is 2.07. The summed E-state index contributed by atoms with van der Waals surface area (Å²) >= 11 is 6.03. The third-order valence-electron chi connectivity index (χ3n) is 4.57. The number of rotatable bonds is 5. The van der Waals surface area contributed by atoms with Gasteiger partial charge in [-0.15, -0.1) is 0 Å². The van der Waals surface area contributed by atoms with Gasteiger partial charge in [-0.1, -0.05) is 11.6 Å². The van der Waals surface area contributed by atoms with Crippen molar-refractivity contribution < 1.29 is 13.9 Å². The highest BCUT2D eigenvalue weighted by molar-refractivity contribution is 6.30. The second-order valence-electron chi connectivity index (χ2n) is 6.73. The molecule has 0 aromatic heterocycles. The maximum atomic E-state index is 13.1. The van der Waals surface area contributed by atoms with Gasteiger partial charge in [0.2, 0.25) is 5.96 Å². The number of carbonyl (C=O) groups excluding carboxylic acids is 1. The molecule has 0 spiro atoms. The Labute approximate surface area is 174 Å². The number of benzene rings is 2. The number of nitrogens with one attached hydrogen (secondary N) is 2. The monoisotopic (exact) mass is 418 g/mol. The molecule has 2 N–H and O–H groups in total. The minimum Gasteiger partial charge on any atom is -0.379 e. The lowest BCUT2D eigenvalue weighted by Crippen LogP contribution is -2.39. The van der Waals surface area contributed by atoms with E-state index in [2.05, 4.69) is 20.5 Å². The number of halogens is 2. The molecule has 0 bridgehead atoms. The summed E-state index contributed by atoms with van der Waals surface area (Å²) < 4.78 is 18.5. The lowest BCUT2D eigenvalue weighted by Gasteiger charge is -2.25. The fraction of sp³-hybridized carbons (Fsp3) is 0.333. The first-order valence-electron chi connectivity index (χ1n) is 9.46. The van der Waals surface area contributed by atoms with Crippen LogP contribution < -0.4 is 10.6 Å². The molecule has 0 aliphatic carbocycles. The van der Waals surface area contributed by atoms with Crippen LogP contribution in [0.25, 0.3) is 0 Å². The molecule has 1 saturated heterocycles. The molecule has 8 heteroatoms. The van der Waals surface area contributed by atoms with Crippen molar-refractivity contribution in [3.8, 4) is 0 Å². The average molecular weight is 419 g/mol. The number of amides is 1. The Morgan fingerprint density at radius 1 is 1.21 bits per heavy atom. The third kappa shape index (κ3) is 6.52. The molecule has 0 saturated carbocycles. The summed E-state index contributed by atoms with van der Waals surface area (Å²) in [5.74, 6) is -0.428. The van der Waals surface area contributed by atoms with Gasteiger partial charge in [0, 0.05) is 35.9 Å². The Bertz CT molecular complexity index is 867. The van der Waals surface area contributed by atoms with E-state index in [-0.39, 0.29) is 5.91 Å². The van der Waals surface area contributed by atoms with Gasteiger partial charge in [0.05, 0.1) is 19.8 Å². The predicted molar refractivity (Wildman–Crippen MR) is 113 cm³/mol. The van der Waals surface area contributed by atoms with Gasteiger partial charge < -0.3 is 10.1 Å². The van der Waals surface area contributed by atoms with E-state index >= 15 is 0 Å².